The average molecular weight is 234 g/mol. The molecular weight excluding hydrogens is 216 g/mol. The van der Waals surface area contributed by atoms with Gasteiger partial charge in [-0.1, -0.05) is 0 Å². The van der Waals surface area contributed by atoms with Crippen LogP contribution in [0.4, 0.5) is 5.82 Å². The molecule has 5 heteroatoms. The van der Waals surface area contributed by atoms with Gasteiger partial charge < -0.3 is 10.1 Å². The number of nitrogens with one attached hydrogen (secondary N) is 1. The highest BCUT2D eigenvalue weighted by atomic mass is 16.5. The van der Waals surface area contributed by atoms with E-state index in [0.29, 0.717) is 6.04 Å². The smallest absolute Gasteiger partial charge is 0.129 e. The zero-order valence-corrected chi connectivity index (χ0v) is 9.88. The zero-order chi connectivity index (χ0) is 11.5. The molecule has 0 saturated carbocycles. The third-order valence-corrected chi connectivity index (χ3v) is 3.55. The average Bonchev–Trinajstić information content (AvgIpc) is 2.85. The van der Waals surface area contributed by atoms with Gasteiger partial charge in [-0.15, -0.1) is 0 Å². The molecule has 92 valence electrons. The van der Waals surface area contributed by atoms with E-state index in [0.717, 1.165) is 25.5 Å². The summed E-state index contributed by atoms with van der Waals surface area (Å²) in [6.45, 7) is 3.98. The summed E-state index contributed by atoms with van der Waals surface area (Å²) in [6.07, 6.45) is 6.19. The van der Waals surface area contributed by atoms with Crippen LogP contribution >= 0.6 is 0 Å². The van der Waals surface area contributed by atoms with Crippen molar-refractivity contribution in [3.63, 3.8) is 0 Å². The second kappa shape index (κ2) is 4.98. The second-order valence-corrected chi connectivity index (χ2v) is 4.72. The lowest BCUT2D eigenvalue weighted by atomic mass is 10.2. The first-order chi connectivity index (χ1) is 8.42. The number of anilines is 1. The maximum atomic E-state index is 5.87. The van der Waals surface area contributed by atoms with Crippen molar-refractivity contribution in [2.24, 2.45) is 0 Å². The first-order valence-electron chi connectivity index (χ1n) is 6.27. The third kappa shape index (κ3) is 2.56. The molecule has 1 aromatic rings. The highest BCUT2D eigenvalue weighted by Gasteiger charge is 2.31. The van der Waals surface area contributed by atoms with E-state index in [9.17, 15) is 0 Å². The van der Waals surface area contributed by atoms with Crippen LogP contribution in [-0.2, 0) is 4.74 Å². The fraction of sp³-hybridized carbons (Fsp3) is 0.667. The summed E-state index contributed by atoms with van der Waals surface area (Å²) < 4.78 is 5.87. The Hall–Kier alpha value is -1.20. The summed E-state index contributed by atoms with van der Waals surface area (Å²) in [7, 11) is 0. The summed E-state index contributed by atoms with van der Waals surface area (Å²) >= 11 is 0. The maximum absolute atomic E-state index is 5.87. The number of nitrogens with zero attached hydrogens (tertiary/aromatic N) is 3. The third-order valence-electron chi connectivity index (χ3n) is 3.55. The van der Waals surface area contributed by atoms with Crippen molar-refractivity contribution in [2.75, 3.05) is 31.6 Å². The van der Waals surface area contributed by atoms with Gasteiger partial charge in [0.1, 0.15) is 12.1 Å². The quantitative estimate of drug-likeness (QED) is 0.836. The van der Waals surface area contributed by atoms with Crippen molar-refractivity contribution < 1.29 is 4.74 Å². The van der Waals surface area contributed by atoms with Crippen LogP contribution in [0.25, 0.3) is 0 Å². The van der Waals surface area contributed by atoms with Gasteiger partial charge in [0.25, 0.3) is 0 Å². The first kappa shape index (κ1) is 10.9. The SMILES string of the molecule is c1cc(NCC2CN3CCCC3CO2)ncn1. The molecule has 1 aromatic heterocycles. The van der Waals surface area contributed by atoms with E-state index in [1.54, 1.807) is 12.5 Å². The maximum Gasteiger partial charge on any atom is 0.129 e. The Kier molecular flexibility index (Phi) is 3.20. The van der Waals surface area contributed by atoms with Gasteiger partial charge in [-0.2, -0.15) is 0 Å². The minimum absolute atomic E-state index is 0.277. The molecule has 2 aliphatic rings. The van der Waals surface area contributed by atoms with Crippen molar-refractivity contribution in [1.29, 1.82) is 0 Å². The Morgan fingerprint density at radius 2 is 2.53 bits per heavy atom. The van der Waals surface area contributed by atoms with Gasteiger partial charge in [-0.25, -0.2) is 9.97 Å². The molecule has 0 amide bonds. The summed E-state index contributed by atoms with van der Waals surface area (Å²) in [5.74, 6) is 0.868. The lowest BCUT2D eigenvalue weighted by molar-refractivity contribution is -0.0416. The number of ether oxygens (including phenoxy) is 1. The topological polar surface area (TPSA) is 50.3 Å². The number of hydrogen-bond donors (Lipinski definition) is 1. The van der Waals surface area contributed by atoms with Gasteiger partial charge >= 0.3 is 0 Å². The molecule has 3 heterocycles. The molecule has 2 saturated heterocycles. The van der Waals surface area contributed by atoms with Crippen molar-refractivity contribution in [1.82, 2.24) is 14.9 Å². The minimum atomic E-state index is 0.277. The van der Waals surface area contributed by atoms with E-state index in [-0.39, 0.29) is 6.10 Å². The van der Waals surface area contributed by atoms with Crippen LogP contribution in [0.3, 0.4) is 0 Å². The Balaban J connectivity index is 1.50. The monoisotopic (exact) mass is 234 g/mol. The van der Waals surface area contributed by atoms with E-state index in [1.807, 2.05) is 6.07 Å². The van der Waals surface area contributed by atoms with Gasteiger partial charge in [0.05, 0.1) is 12.7 Å². The Bertz CT molecular complexity index is 359. The molecule has 0 bridgehead atoms. The van der Waals surface area contributed by atoms with Gasteiger partial charge in [-0.05, 0) is 25.5 Å². The van der Waals surface area contributed by atoms with Crippen LogP contribution in [-0.4, -0.2) is 53.3 Å². The molecule has 3 rings (SSSR count). The molecule has 0 aromatic carbocycles. The van der Waals surface area contributed by atoms with E-state index in [4.69, 9.17) is 4.74 Å². The van der Waals surface area contributed by atoms with Crippen LogP contribution < -0.4 is 5.32 Å². The van der Waals surface area contributed by atoms with Crippen molar-refractivity contribution >= 4 is 5.82 Å². The Labute approximate surface area is 101 Å². The molecule has 0 radical (unpaired) electrons. The van der Waals surface area contributed by atoms with Gasteiger partial charge in [0.15, 0.2) is 0 Å². The molecular formula is C12H18N4O. The highest BCUT2D eigenvalue weighted by Crippen LogP contribution is 2.22. The minimum Gasteiger partial charge on any atom is -0.373 e. The Morgan fingerprint density at radius 1 is 1.53 bits per heavy atom. The van der Waals surface area contributed by atoms with Crippen LogP contribution in [0.15, 0.2) is 18.6 Å². The normalized spacial score (nSPS) is 28.9. The van der Waals surface area contributed by atoms with E-state index < -0.39 is 0 Å². The number of hydrogen-bond acceptors (Lipinski definition) is 5. The van der Waals surface area contributed by atoms with E-state index in [1.165, 1.54) is 19.4 Å². The lowest BCUT2D eigenvalue weighted by Gasteiger charge is -2.35. The van der Waals surface area contributed by atoms with Crippen LogP contribution in [0.2, 0.25) is 0 Å². The molecule has 1 N–H and O–H groups in total. The summed E-state index contributed by atoms with van der Waals surface area (Å²) in [6, 6.07) is 2.55. The second-order valence-electron chi connectivity index (χ2n) is 4.72. The molecule has 2 atom stereocenters. The summed E-state index contributed by atoms with van der Waals surface area (Å²) in [5, 5.41) is 3.29. The van der Waals surface area contributed by atoms with E-state index >= 15 is 0 Å². The predicted octanol–water partition coefficient (Wildman–Crippen LogP) is 0.752. The van der Waals surface area contributed by atoms with Crippen molar-refractivity contribution in [2.45, 2.75) is 25.0 Å². The van der Waals surface area contributed by atoms with Gasteiger partial charge in [0.2, 0.25) is 0 Å². The number of aromatic nitrogens is 2. The highest BCUT2D eigenvalue weighted by molar-refractivity contribution is 5.31. The number of morpholine rings is 1. The number of fused-ring (bicyclic) bond motifs is 1. The standard InChI is InChI=1S/C12H18N4O/c1-2-10-8-17-11(7-16(10)5-1)6-14-12-3-4-13-9-15-12/h3-4,9-11H,1-2,5-8H2,(H,13,14,15). The Morgan fingerprint density at radius 3 is 3.41 bits per heavy atom. The molecule has 0 spiro atoms. The molecule has 2 fully saturated rings. The summed E-state index contributed by atoms with van der Waals surface area (Å²) in [4.78, 5) is 10.6. The molecule has 17 heavy (non-hydrogen) atoms. The predicted molar refractivity (Wildman–Crippen MR) is 64.9 cm³/mol. The molecule has 2 unspecified atom stereocenters. The fourth-order valence-electron chi connectivity index (χ4n) is 2.62. The largest absolute Gasteiger partial charge is 0.373 e. The lowest BCUT2D eigenvalue weighted by Crippen LogP contribution is -2.48. The summed E-state index contributed by atoms with van der Waals surface area (Å²) in [5.41, 5.74) is 0. The first-order valence-corrected chi connectivity index (χ1v) is 6.27. The van der Waals surface area contributed by atoms with Crippen LogP contribution in [0, 0.1) is 0 Å². The molecule has 0 aliphatic carbocycles. The molecule has 2 aliphatic heterocycles. The van der Waals surface area contributed by atoms with Gasteiger partial charge in [0, 0.05) is 25.3 Å². The van der Waals surface area contributed by atoms with Crippen LogP contribution in [0.1, 0.15) is 12.8 Å². The van der Waals surface area contributed by atoms with Gasteiger partial charge in [-0.3, -0.25) is 4.90 Å². The van der Waals surface area contributed by atoms with Crippen molar-refractivity contribution in [3.8, 4) is 0 Å². The van der Waals surface area contributed by atoms with Crippen LogP contribution in [0.5, 0.6) is 0 Å². The molecule has 5 nitrogen and oxygen atoms in total. The zero-order valence-electron chi connectivity index (χ0n) is 9.88. The fourth-order valence-corrected chi connectivity index (χ4v) is 2.62. The van der Waals surface area contributed by atoms with E-state index in [2.05, 4.69) is 20.2 Å². The van der Waals surface area contributed by atoms with Crippen molar-refractivity contribution in [3.05, 3.63) is 18.6 Å². The number of rotatable bonds is 3.